The number of benzene rings is 1. The second-order valence-electron chi connectivity index (χ2n) is 3.46. The van der Waals surface area contributed by atoms with Crippen LogP contribution in [0.25, 0.3) is 0 Å². The number of rotatable bonds is 5. The van der Waals surface area contributed by atoms with E-state index in [0.29, 0.717) is 6.54 Å². The summed E-state index contributed by atoms with van der Waals surface area (Å²) in [5.74, 6) is 0.715. The standard InChI is InChI=1S/C12H18N2O2/c1-4-13-12(15)9(2)14-10-7-5-6-8-11(10)16-3/h5-9,14H,4H2,1-3H3,(H,13,15)/t9-/m1/s1. The number of ether oxygens (including phenoxy) is 1. The third kappa shape index (κ3) is 3.15. The number of carbonyl (C=O) groups excluding carboxylic acids is 1. The van der Waals surface area contributed by atoms with Crippen LogP contribution in [-0.2, 0) is 4.79 Å². The molecule has 0 aromatic heterocycles. The zero-order valence-corrected chi connectivity index (χ0v) is 9.91. The Morgan fingerprint density at radius 1 is 1.44 bits per heavy atom. The van der Waals surface area contributed by atoms with E-state index in [-0.39, 0.29) is 11.9 Å². The van der Waals surface area contributed by atoms with Crippen molar-refractivity contribution in [2.45, 2.75) is 19.9 Å². The number of anilines is 1. The second-order valence-corrected chi connectivity index (χ2v) is 3.46. The number of para-hydroxylation sites is 2. The van der Waals surface area contributed by atoms with Gasteiger partial charge in [0.05, 0.1) is 12.8 Å². The van der Waals surface area contributed by atoms with Gasteiger partial charge in [0, 0.05) is 6.54 Å². The van der Waals surface area contributed by atoms with Crippen LogP contribution in [0.4, 0.5) is 5.69 Å². The number of likely N-dealkylation sites (N-methyl/N-ethyl adjacent to an activating group) is 1. The van der Waals surface area contributed by atoms with Gasteiger partial charge in [-0.1, -0.05) is 12.1 Å². The quantitative estimate of drug-likeness (QED) is 0.796. The molecule has 0 aliphatic heterocycles. The van der Waals surface area contributed by atoms with Crippen molar-refractivity contribution in [3.05, 3.63) is 24.3 Å². The maximum Gasteiger partial charge on any atom is 0.242 e. The molecule has 0 heterocycles. The number of methoxy groups -OCH3 is 1. The Hall–Kier alpha value is -1.71. The molecule has 1 aromatic rings. The summed E-state index contributed by atoms with van der Waals surface area (Å²) in [4.78, 5) is 11.5. The first-order chi connectivity index (χ1) is 7.69. The molecule has 0 saturated carbocycles. The molecule has 16 heavy (non-hydrogen) atoms. The third-order valence-electron chi connectivity index (χ3n) is 2.22. The molecule has 1 amide bonds. The molecule has 0 aliphatic carbocycles. The Kier molecular flexibility index (Phi) is 4.64. The lowest BCUT2D eigenvalue weighted by Gasteiger charge is -2.16. The first kappa shape index (κ1) is 12.4. The molecule has 1 atom stereocenters. The SMILES string of the molecule is CCNC(=O)[C@@H](C)Nc1ccccc1OC. The van der Waals surface area contributed by atoms with Crippen molar-refractivity contribution < 1.29 is 9.53 Å². The summed E-state index contributed by atoms with van der Waals surface area (Å²) >= 11 is 0. The highest BCUT2D eigenvalue weighted by Crippen LogP contribution is 2.23. The van der Waals surface area contributed by atoms with Crippen LogP contribution in [0.1, 0.15) is 13.8 Å². The Labute approximate surface area is 96.0 Å². The number of carbonyl (C=O) groups is 1. The van der Waals surface area contributed by atoms with Crippen molar-refractivity contribution in [2.75, 3.05) is 19.0 Å². The van der Waals surface area contributed by atoms with Gasteiger partial charge in [-0.25, -0.2) is 0 Å². The summed E-state index contributed by atoms with van der Waals surface area (Å²) in [6.07, 6.45) is 0. The van der Waals surface area contributed by atoms with Crippen LogP contribution in [-0.4, -0.2) is 25.6 Å². The maximum atomic E-state index is 11.5. The van der Waals surface area contributed by atoms with E-state index in [4.69, 9.17) is 4.74 Å². The van der Waals surface area contributed by atoms with E-state index in [1.807, 2.05) is 38.1 Å². The van der Waals surface area contributed by atoms with Crippen LogP contribution in [0.3, 0.4) is 0 Å². The number of hydrogen-bond donors (Lipinski definition) is 2. The van der Waals surface area contributed by atoms with Crippen molar-refractivity contribution in [1.29, 1.82) is 0 Å². The topological polar surface area (TPSA) is 50.4 Å². The maximum absolute atomic E-state index is 11.5. The average Bonchev–Trinajstić information content (AvgIpc) is 2.30. The highest BCUT2D eigenvalue weighted by atomic mass is 16.5. The molecule has 0 unspecified atom stereocenters. The van der Waals surface area contributed by atoms with Gasteiger partial charge in [0.1, 0.15) is 11.8 Å². The number of amides is 1. The molecule has 0 fully saturated rings. The number of hydrogen-bond acceptors (Lipinski definition) is 3. The van der Waals surface area contributed by atoms with Crippen molar-refractivity contribution in [3.8, 4) is 5.75 Å². The van der Waals surface area contributed by atoms with Crippen molar-refractivity contribution in [2.24, 2.45) is 0 Å². The summed E-state index contributed by atoms with van der Waals surface area (Å²) in [6.45, 7) is 4.35. The van der Waals surface area contributed by atoms with Gasteiger partial charge in [0.25, 0.3) is 0 Å². The third-order valence-corrected chi connectivity index (χ3v) is 2.22. The monoisotopic (exact) mass is 222 g/mol. The van der Waals surface area contributed by atoms with E-state index in [1.54, 1.807) is 7.11 Å². The van der Waals surface area contributed by atoms with Gasteiger partial charge < -0.3 is 15.4 Å². The molecule has 4 heteroatoms. The summed E-state index contributed by atoms with van der Waals surface area (Å²) in [6, 6.07) is 7.24. The van der Waals surface area contributed by atoms with Gasteiger partial charge in [0.2, 0.25) is 5.91 Å². The fourth-order valence-corrected chi connectivity index (χ4v) is 1.39. The zero-order chi connectivity index (χ0) is 12.0. The molecule has 1 rings (SSSR count). The first-order valence-corrected chi connectivity index (χ1v) is 5.36. The molecular weight excluding hydrogens is 204 g/mol. The summed E-state index contributed by atoms with van der Waals surface area (Å²) in [5.41, 5.74) is 0.823. The lowest BCUT2D eigenvalue weighted by atomic mass is 10.2. The molecule has 2 N–H and O–H groups in total. The van der Waals surface area contributed by atoms with Crippen LogP contribution < -0.4 is 15.4 Å². The minimum atomic E-state index is -0.281. The summed E-state index contributed by atoms with van der Waals surface area (Å²) < 4.78 is 5.19. The van der Waals surface area contributed by atoms with Crippen LogP contribution in [0.5, 0.6) is 5.75 Å². The van der Waals surface area contributed by atoms with E-state index in [0.717, 1.165) is 11.4 Å². The van der Waals surface area contributed by atoms with Crippen LogP contribution in [0.15, 0.2) is 24.3 Å². The smallest absolute Gasteiger partial charge is 0.242 e. The molecule has 0 saturated heterocycles. The van der Waals surface area contributed by atoms with Gasteiger partial charge in [-0.15, -0.1) is 0 Å². The lowest BCUT2D eigenvalue weighted by molar-refractivity contribution is -0.121. The minimum Gasteiger partial charge on any atom is -0.495 e. The van der Waals surface area contributed by atoms with Gasteiger partial charge >= 0.3 is 0 Å². The molecule has 4 nitrogen and oxygen atoms in total. The molecule has 0 bridgehead atoms. The zero-order valence-electron chi connectivity index (χ0n) is 9.91. The molecular formula is C12H18N2O2. The van der Waals surface area contributed by atoms with Crippen molar-refractivity contribution >= 4 is 11.6 Å². The molecule has 0 radical (unpaired) electrons. The van der Waals surface area contributed by atoms with Gasteiger partial charge in [-0.2, -0.15) is 0 Å². The van der Waals surface area contributed by atoms with Gasteiger partial charge in [-0.05, 0) is 26.0 Å². The van der Waals surface area contributed by atoms with E-state index in [9.17, 15) is 4.79 Å². The Balaban J connectivity index is 2.68. The fraction of sp³-hybridized carbons (Fsp3) is 0.417. The Morgan fingerprint density at radius 3 is 2.75 bits per heavy atom. The average molecular weight is 222 g/mol. The Bertz CT molecular complexity index is 353. The summed E-state index contributed by atoms with van der Waals surface area (Å²) in [5, 5.41) is 5.87. The molecule has 1 aromatic carbocycles. The van der Waals surface area contributed by atoms with E-state index in [2.05, 4.69) is 10.6 Å². The highest BCUT2D eigenvalue weighted by Gasteiger charge is 2.12. The largest absolute Gasteiger partial charge is 0.495 e. The van der Waals surface area contributed by atoms with Crippen LogP contribution >= 0.6 is 0 Å². The fourth-order valence-electron chi connectivity index (χ4n) is 1.39. The predicted molar refractivity (Wildman–Crippen MR) is 64.8 cm³/mol. The van der Waals surface area contributed by atoms with Crippen LogP contribution in [0, 0.1) is 0 Å². The van der Waals surface area contributed by atoms with E-state index < -0.39 is 0 Å². The van der Waals surface area contributed by atoms with E-state index in [1.165, 1.54) is 0 Å². The van der Waals surface area contributed by atoms with Gasteiger partial charge in [-0.3, -0.25) is 4.79 Å². The minimum absolute atomic E-state index is 0.0200. The molecule has 88 valence electrons. The van der Waals surface area contributed by atoms with Crippen molar-refractivity contribution in [1.82, 2.24) is 5.32 Å². The van der Waals surface area contributed by atoms with Crippen LogP contribution in [0.2, 0.25) is 0 Å². The normalized spacial score (nSPS) is 11.7. The summed E-state index contributed by atoms with van der Waals surface area (Å²) in [7, 11) is 1.61. The van der Waals surface area contributed by atoms with E-state index >= 15 is 0 Å². The second kappa shape index (κ2) is 6.00. The molecule has 0 aliphatic rings. The predicted octanol–water partition coefficient (Wildman–Crippen LogP) is 1.63. The van der Waals surface area contributed by atoms with Gasteiger partial charge in [0.15, 0.2) is 0 Å². The lowest BCUT2D eigenvalue weighted by Crippen LogP contribution is -2.37. The number of nitrogens with one attached hydrogen (secondary N) is 2. The van der Waals surface area contributed by atoms with Crippen molar-refractivity contribution in [3.63, 3.8) is 0 Å². The highest BCUT2D eigenvalue weighted by molar-refractivity contribution is 5.84. The molecule has 0 spiro atoms. The Morgan fingerprint density at radius 2 is 2.12 bits per heavy atom. The first-order valence-electron chi connectivity index (χ1n) is 5.36.